The van der Waals surface area contributed by atoms with Crippen LogP contribution in [-0.4, -0.2) is 15.3 Å². The first kappa shape index (κ1) is 15.2. The van der Waals surface area contributed by atoms with Crippen LogP contribution in [0.4, 0.5) is 0 Å². The van der Waals surface area contributed by atoms with Crippen molar-refractivity contribution in [1.29, 1.82) is 0 Å². The summed E-state index contributed by atoms with van der Waals surface area (Å²) >= 11 is 19.1. The Morgan fingerprint density at radius 2 is 1.76 bits per heavy atom. The van der Waals surface area contributed by atoms with Crippen LogP contribution < -0.4 is 0 Å². The molecule has 94 valence electrons. The van der Waals surface area contributed by atoms with E-state index in [0.29, 0.717) is 0 Å². The van der Waals surface area contributed by atoms with Gasteiger partial charge in [0.1, 0.15) is 0 Å². The lowest BCUT2D eigenvalue weighted by Crippen LogP contribution is -2.37. The molecule has 0 fully saturated rings. The third kappa shape index (κ3) is 4.06. The summed E-state index contributed by atoms with van der Waals surface area (Å²) in [5.74, 6) is -0.0975. The predicted molar refractivity (Wildman–Crippen MR) is 76.2 cm³/mol. The van der Waals surface area contributed by atoms with Crippen LogP contribution >= 0.6 is 46.6 Å². The highest BCUT2D eigenvalue weighted by molar-refractivity contribution is 8.04. The van der Waals surface area contributed by atoms with E-state index in [0.717, 1.165) is 16.7 Å². The molecule has 0 saturated carbocycles. The fourth-order valence-electron chi connectivity index (χ4n) is 1.14. The third-order valence-electron chi connectivity index (χ3n) is 2.20. The van der Waals surface area contributed by atoms with E-state index in [-0.39, 0.29) is 11.7 Å². The molecule has 0 aliphatic rings. The molecule has 0 N–H and O–H groups in total. The van der Waals surface area contributed by atoms with Gasteiger partial charge in [0.2, 0.25) is 3.67 Å². The summed E-state index contributed by atoms with van der Waals surface area (Å²) in [6.07, 6.45) is 0. The molecule has 0 bridgehead atoms. The topological polar surface area (TPSA) is 17.1 Å². The quantitative estimate of drug-likeness (QED) is 0.577. The highest BCUT2D eigenvalue weighted by Crippen LogP contribution is 2.45. The minimum Gasteiger partial charge on any atom is -0.295 e. The Bertz CT molecular complexity index is 390. The van der Waals surface area contributed by atoms with Crippen molar-refractivity contribution in [3.63, 3.8) is 0 Å². The number of Topliss-reactive ketones (excluding diaryl/α,β-unsaturated/α-hetero) is 1. The SMILES string of the molecule is CC(C)(CCl)C(=O)C(Cl)(Cl)Sc1ccccc1. The Hall–Kier alpha value is 0.110. The number of hydrogen-bond donors (Lipinski definition) is 0. The van der Waals surface area contributed by atoms with Gasteiger partial charge in [0.05, 0.1) is 0 Å². The molecule has 0 spiro atoms. The second kappa shape index (κ2) is 5.83. The summed E-state index contributed by atoms with van der Waals surface area (Å²) in [4.78, 5) is 13.0. The zero-order valence-electron chi connectivity index (χ0n) is 9.54. The maximum absolute atomic E-state index is 12.2. The zero-order chi connectivity index (χ0) is 13.1. The van der Waals surface area contributed by atoms with Crippen molar-refractivity contribution >= 4 is 52.3 Å². The summed E-state index contributed by atoms with van der Waals surface area (Å²) in [6, 6.07) is 9.32. The molecule has 1 rings (SSSR count). The molecule has 0 aromatic heterocycles. The number of carbonyl (C=O) groups excluding carboxylic acids is 1. The minimum absolute atomic E-state index is 0.183. The van der Waals surface area contributed by atoms with Crippen LogP contribution in [0.15, 0.2) is 35.2 Å². The van der Waals surface area contributed by atoms with E-state index in [1.54, 1.807) is 13.8 Å². The van der Waals surface area contributed by atoms with E-state index in [4.69, 9.17) is 34.8 Å². The lowest BCUT2D eigenvalue weighted by Gasteiger charge is -2.27. The molecule has 1 aromatic rings. The number of rotatable bonds is 5. The number of thioether (sulfide) groups is 1. The van der Waals surface area contributed by atoms with Crippen LogP contribution in [0.3, 0.4) is 0 Å². The number of hydrogen-bond acceptors (Lipinski definition) is 2. The molecule has 0 aliphatic heterocycles. The molecule has 0 atom stereocenters. The van der Waals surface area contributed by atoms with Crippen molar-refractivity contribution in [3.05, 3.63) is 30.3 Å². The van der Waals surface area contributed by atoms with Crippen molar-refractivity contribution in [2.75, 3.05) is 5.88 Å². The highest BCUT2D eigenvalue weighted by atomic mass is 35.5. The molecule has 1 aromatic carbocycles. The van der Waals surface area contributed by atoms with Gasteiger partial charge in [-0.1, -0.05) is 67.0 Å². The monoisotopic (exact) mass is 310 g/mol. The molecule has 1 nitrogen and oxygen atoms in total. The summed E-state index contributed by atoms with van der Waals surface area (Å²) in [7, 11) is 0. The lowest BCUT2D eigenvalue weighted by molar-refractivity contribution is -0.125. The Morgan fingerprint density at radius 3 is 2.24 bits per heavy atom. The molecular weight excluding hydrogens is 299 g/mol. The second-order valence-electron chi connectivity index (χ2n) is 4.28. The summed E-state index contributed by atoms with van der Waals surface area (Å²) in [5, 5.41) is 0. The van der Waals surface area contributed by atoms with E-state index in [1.165, 1.54) is 0 Å². The van der Waals surface area contributed by atoms with Crippen molar-refractivity contribution in [2.45, 2.75) is 22.4 Å². The van der Waals surface area contributed by atoms with Gasteiger partial charge in [0, 0.05) is 16.2 Å². The molecule has 0 saturated heterocycles. The van der Waals surface area contributed by atoms with Crippen LogP contribution in [0, 0.1) is 5.41 Å². The average molecular weight is 312 g/mol. The average Bonchev–Trinajstić information content (AvgIpc) is 2.28. The van der Waals surface area contributed by atoms with Gasteiger partial charge in [-0.3, -0.25) is 4.79 Å². The second-order valence-corrected chi connectivity index (χ2v) is 7.61. The van der Waals surface area contributed by atoms with Crippen molar-refractivity contribution in [3.8, 4) is 0 Å². The summed E-state index contributed by atoms with van der Waals surface area (Å²) < 4.78 is -1.51. The number of alkyl halides is 3. The van der Waals surface area contributed by atoms with E-state index >= 15 is 0 Å². The minimum atomic E-state index is -1.51. The Morgan fingerprint density at radius 1 is 1.24 bits per heavy atom. The Labute approximate surface area is 121 Å². The molecule has 0 radical (unpaired) electrons. The molecule has 17 heavy (non-hydrogen) atoms. The molecule has 0 heterocycles. The first-order valence-electron chi connectivity index (χ1n) is 5.02. The van der Waals surface area contributed by atoms with Crippen LogP contribution in [0.2, 0.25) is 0 Å². The van der Waals surface area contributed by atoms with Gasteiger partial charge in [0.15, 0.2) is 5.78 Å². The van der Waals surface area contributed by atoms with E-state index in [9.17, 15) is 4.79 Å². The van der Waals surface area contributed by atoms with Gasteiger partial charge in [-0.25, -0.2) is 0 Å². The maximum Gasteiger partial charge on any atom is 0.225 e. The van der Waals surface area contributed by atoms with E-state index in [1.807, 2.05) is 30.3 Å². The van der Waals surface area contributed by atoms with E-state index < -0.39 is 9.08 Å². The number of ketones is 1. The standard InChI is InChI=1S/C12H13Cl3OS/c1-11(2,8-13)10(16)12(14,15)17-9-6-4-3-5-7-9/h3-7H,8H2,1-2H3. The molecule has 0 aliphatic carbocycles. The molecule has 0 unspecified atom stereocenters. The number of carbonyl (C=O) groups is 1. The largest absolute Gasteiger partial charge is 0.295 e. The van der Waals surface area contributed by atoms with Crippen molar-refractivity contribution < 1.29 is 4.79 Å². The van der Waals surface area contributed by atoms with E-state index in [2.05, 4.69) is 0 Å². The first-order chi connectivity index (χ1) is 7.79. The van der Waals surface area contributed by atoms with Gasteiger partial charge in [-0.15, -0.1) is 11.6 Å². The van der Waals surface area contributed by atoms with Gasteiger partial charge in [0.25, 0.3) is 0 Å². The van der Waals surface area contributed by atoms with Crippen molar-refractivity contribution in [1.82, 2.24) is 0 Å². The number of halogens is 3. The van der Waals surface area contributed by atoms with Crippen LogP contribution in [-0.2, 0) is 4.79 Å². The van der Waals surface area contributed by atoms with Crippen molar-refractivity contribution in [2.24, 2.45) is 5.41 Å². The predicted octanol–water partition coefficient (Wildman–Crippen LogP) is 4.74. The fraction of sp³-hybridized carbons (Fsp3) is 0.417. The first-order valence-corrected chi connectivity index (χ1v) is 7.13. The third-order valence-corrected chi connectivity index (χ3v) is 4.63. The van der Waals surface area contributed by atoms with Gasteiger partial charge < -0.3 is 0 Å². The Kier molecular flexibility index (Phi) is 5.21. The molecule has 5 heteroatoms. The van der Waals surface area contributed by atoms with Gasteiger partial charge >= 0.3 is 0 Å². The van der Waals surface area contributed by atoms with Crippen LogP contribution in [0.25, 0.3) is 0 Å². The zero-order valence-corrected chi connectivity index (χ0v) is 12.6. The molecular formula is C12H13Cl3OS. The number of benzene rings is 1. The van der Waals surface area contributed by atoms with Crippen LogP contribution in [0.5, 0.6) is 0 Å². The van der Waals surface area contributed by atoms with Crippen LogP contribution in [0.1, 0.15) is 13.8 Å². The highest BCUT2D eigenvalue weighted by Gasteiger charge is 2.43. The molecule has 0 amide bonds. The van der Waals surface area contributed by atoms with Gasteiger partial charge in [-0.05, 0) is 12.1 Å². The fourth-order valence-corrected chi connectivity index (χ4v) is 3.26. The Balaban J connectivity index is 2.86. The lowest BCUT2D eigenvalue weighted by atomic mass is 9.91. The summed E-state index contributed by atoms with van der Waals surface area (Å²) in [6.45, 7) is 3.46. The van der Waals surface area contributed by atoms with Gasteiger partial charge in [-0.2, -0.15) is 0 Å². The normalized spacial score (nSPS) is 12.5. The summed E-state index contributed by atoms with van der Waals surface area (Å²) in [5.41, 5.74) is -0.743. The smallest absolute Gasteiger partial charge is 0.225 e. The maximum atomic E-state index is 12.2.